The van der Waals surface area contributed by atoms with E-state index in [-0.39, 0.29) is 12.1 Å². The first-order valence-corrected chi connectivity index (χ1v) is 9.56. The van der Waals surface area contributed by atoms with Gasteiger partial charge in [-0.25, -0.2) is 14.8 Å². The normalized spacial score (nSPS) is 22.2. The minimum Gasteiger partial charge on any atom is -0.444 e. The van der Waals surface area contributed by atoms with Gasteiger partial charge in [0.15, 0.2) is 5.82 Å². The Balaban J connectivity index is 1.80. The van der Waals surface area contributed by atoms with Crippen LogP contribution in [-0.4, -0.2) is 77.5 Å². The van der Waals surface area contributed by atoms with Crippen LogP contribution in [-0.2, 0) is 4.74 Å². The summed E-state index contributed by atoms with van der Waals surface area (Å²) in [6.07, 6.45) is 3.86. The summed E-state index contributed by atoms with van der Waals surface area (Å²) >= 11 is 0. The van der Waals surface area contributed by atoms with Crippen molar-refractivity contribution in [2.24, 2.45) is 4.99 Å². The number of ether oxygens (including phenoxy) is 1. The number of piperidine rings is 1. The summed E-state index contributed by atoms with van der Waals surface area (Å²) in [5, 5.41) is 13.7. The van der Waals surface area contributed by atoms with Crippen molar-refractivity contribution >= 4 is 29.6 Å². The molecular weight excluding hydrogens is 360 g/mol. The summed E-state index contributed by atoms with van der Waals surface area (Å²) in [6.45, 7) is 6.73. The molecule has 28 heavy (non-hydrogen) atoms. The molecule has 0 spiro atoms. The van der Waals surface area contributed by atoms with E-state index in [2.05, 4.69) is 15.3 Å². The van der Waals surface area contributed by atoms with Gasteiger partial charge in [0.1, 0.15) is 11.3 Å². The first-order valence-electron chi connectivity index (χ1n) is 9.56. The zero-order valence-electron chi connectivity index (χ0n) is 17.2. The molecule has 2 aliphatic heterocycles. The number of rotatable bonds is 3. The summed E-state index contributed by atoms with van der Waals surface area (Å²) in [7, 11) is 3.77. The number of amides is 1. The second kappa shape index (κ2) is 7.83. The van der Waals surface area contributed by atoms with E-state index < -0.39 is 12.0 Å². The molecule has 2 aliphatic rings. The monoisotopic (exact) mass is 390 g/mol. The van der Waals surface area contributed by atoms with E-state index in [0.717, 1.165) is 18.5 Å². The minimum atomic E-state index is -0.893. The Morgan fingerprint density at radius 1 is 1.46 bits per heavy atom. The number of aromatic nitrogens is 1. The van der Waals surface area contributed by atoms with Crippen LogP contribution in [0, 0.1) is 0 Å². The number of fused-ring (bicyclic) bond motifs is 1. The summed E-state index contributed by atoms with van der Waals surface area (Å²) in [5.41, 5.74) is 1.00. The fraction of sp³-hybridized carbons (Fsp3) is 0.632. The number of likely N-dealkylation sites (tertiary alicyclic amines) is 1. The number of aliphatic hydroxyl groups is 1. The van der Waals surface area contributed by atoms with E-state index >= 15 is 0 Å². The third kappa shape index (κ3) is 4.46. The summed E-state index contributed by atoms with van der Waals surface area (Å²) in [4.78, 5) is 26.6. The molecule has 9 heteroatoms. The SMILES string of the molecule is CN(C)/C=N/c1nccc2c1NC(O)N2[C@@H]1CCCN(C(=O)OC(C)(C)C)C1. The molecule has 3 heterocycles. The average molecular weight is 390 g/mol. The van der Waals surface area contributed by atoms with E-state index in [1.54, 1.807) is 17.4 Å². The molecule has 1 saturated heterocycles. The summed E-state index contributed by atoms with van der Waals surface area (Å²) in [6, 6.07) is 1.83. The van der Waals surface area contributed by atoms with Crippen molar-refractivity contribution in [2.75, 3.05) is 37.4 Å². The van der Waals surface area contributed by atoms with E-state index in [1.165, 1.54) is 0 Å². The van der Waals surface area contributed by atoms with E-state index in [9.17, 15) is 9.90 Å². The maximum atomic E-state index is 12.5. The smallest absolute Gasteiger partial charge is 0.410 e. The lowest BCUT2D eigenvalue weighted by Crippen LogP contribution is -2.53. The molecule has 1 unspecified atom stereocenters. The molecule has 2 N–H and O–H groups in total. The molecule has 1 amide bonds. The van der Waals surface area contributed by atoms with Crippen molar-refractivity contribution in [1.29, 1.82) is 0 Å². The molecule has 1 aromatic rings. The Morgan fingerprint density at radius 2 is 2.21 bits per heavy atom. The van der Waals surface area contributed by atoms with E-state index in [0.29, 0.717) is 24.6 Å². The number of carbonyl (C=O) groups is 1. The fourth-order valence-corrected chi connectivity index (χ4v) is 3.46. The predicted molar refractivity (Wildman–Crippen MR) is 109 cm³/mol. The predicted octanol–water partition coefficient (Wildman–Crippen LogP) is 2.21. The molecule has 0 saturated carbocycles. The van der Waals surface area contributed by atoms with Crippen molar-refractivity contribution in [1.82, 2.24) is 14.8 Å². The van der Waals surface area contributed by atoms with Gasteiger partial charge in [-0.15, -0.1) is 0 Å². The number of aliphatic imine (C=N–C) groups is 1. The number of pyridine rings is 1. The Hall–Kier alpha value is -2.55. The highest BCUT2D eigenvalue weighted by Crippen LogP contribution is 2.41. The first-order chi connectivity index (χ1) is 13.2. The van der Waals surface area contributed by atoms with Crippen LogP contribution in [0.2, 0.25) is 0 Å². The van der Waals surface area contributed by atoms with Gasteiger partial charge in [0, 0.05) is 33.4 Å². The second-order valence-electron chi connectivity index (χ2n) is 8.38. The van der Waals surface area contributed by atoms with Gasteiger partial charge in [-0.1, -0.05) is 0 Å². The molecule has 154 valence electrons. The van der Waals surface area contributed by atoms with Crippen LogP contribution in [0.3, 0.4) is 0 Å². The fourth-order valence-electron chi connectivity index (χ4n) is 3.46. The molecule has 2 atom stereocenters. The number of nitrogens with one attached hydrogen (secondary N) is 1. The van der Waals surface area contributed by atoms with Crippen LogP contribution >= 0.6 is 0 Å². The van der Waals surface area contributed by atoms with Crippen molar-refractivity contribution < 1.29 is 14.6 Å². The minimum absolute atomic E-state index is 0.0295. The highest BCUT2D eigenvalue weighted by atomic mass is 16.6. The Kier molecular flexibility index (Phi) is 5.64. The van der Waals surface area contributed by atoms with Crippen LogP contribution in [0.25, 0.3) is 0 Å². The van der Waals surface area contributed by atoms with Gasteiger partial charge in [0.2, 0.25) is 6.35 Å². The topological polar surface area (TPSA) is 93.5 Å². The Morgan fingerprint density at radius 3 is 2.89 bits per heavy atom. The van der Waals surface area contributed by atoms with Crippen molar-refractivity contribution in [3.8, 4) is 0 Å². The molecule has 0 aromatic carbocycles. The largest absolute Gasteiger partial charge is 0.444 e. The van der Waals surface area contributed by atoms with Crippen LogP contribution < -0.4 is 10.2 Å². The molecule has 3 rings (SSSR count). The van der Waals surface area contributed by atoms with Crippen LogP contribution in [0.4, 0.5) is 22.0 Å². The van der Waals surface area contributed by atoms with E-state index in [4.69, 9.17) is 4.74 Å². The molecule has 9 nitrogen and oxygen atoms in total. The zero-order chi connectivity index (χ0) is 20.5. The lowest BCUT2D eigenvalue weighted by Gasteiger charge is -2.40. The van der Waals surface area contributed by atoms with Gasteiger partial charge in [-0.3, -0.25) is 0 Å². The third-order valence-electron chi connectivity index (χ3n) is 4.58. The molecule has 1 aromatic heterocycles. The van der Waals surface area contributed by atoms with Gasteiger partial charge < -0.3 is 29.9 Å². The van der Waals surface area contributed by atoms with E-state index in [1.807, 2.05) is 50.7 Å². The maximum absolute atomic E-state index is 12.5. The van der Waals surface area contributed by atoms with Crippen LogP contribution in [0.15, 0.2) is 17.3 Å². The zero-order valence-corrected chi connectivity index (χ0v) is 17.2. The van der Waals surface area contributed by atoms with Gasteiger partial charge in [-0.2, -0.15) is 0 Å². The maximum Gasteiger partial charge on any atom is 0.410 e. The first kappa shape index (κ1) is 20.2. The Labute approximate surface area is 166 Å². The molecular formula is C19H30N6O3. The number of hydrogen-bond acceptors (Lipinski definition) is 7. The van der Waals surface area contributed by atoms with Gasteiger partial charge in [0.05, 0.1) is 18.1 Å². The van der Waals surface area contributed by atoms with Gasteiger partial charge in [-0.05, 0) is 39.7 Å². The lowest BCUT2D eigenvalue weighted by atomic mass is 10.0. The van der Waals surface area contributed by atoms with Crippen molar-refractivity contribution in [3.05, 3.63) is 12.3 Å². The van der Waals surface area contributed by atoms with Crippen molar-refractivity contribution in [3.63, 3.8) is 0 Å². The van der Waals surface area contributed by atoms with Crippen LogP contribution in [0.5, 0.6) is 0 Å². The van der Waals surface area contributed by atoms with Gasteiger partial charge >= 0.3 is 6.09 Å². The number of hydrogen-bond donors (Lipinski definition) is 2. The molecule has 0 aliphatic carbocycles. The average Bonchev–Trinajstić information content (AvgIpc) is 2.95. The number of nitrogens with zero attached hydrogens (tertiary/aromatic N) is 5. The summed E-state index contributed by atoms with van der Waals surface area (Å²) < 4.78 is 5.51. The number of aliphatic hydroxyl groups excluding tert-OH is 1. The molecule has 0 radical (unpaired) electrons. The second-order valence-corrected chi connectivity index (χ2v) is 8.38. The van der Waals surface area contributed by atoms with Crippen LogP contribution in [0.1, 0.15) is 33.6 Å². The third-order valence-corrected chi connectivity index (χ3v) is 4.58. The van der Waals surface area contributed by atoms with Crippen molar-refractivity contribution in [2.45, 2.75) is 51.6 Å². The standard InChI is InChI=1S/C19H30N6O3/c1-19(2,3)28-18(27)24-10-6-7-13(11-24)25-14-8-9-20-16(21-12-23(4)5)15(14)22-17(25)26/h8-9,12-13,17,22,26H,6-7,10-11H2,1-5H3/b21-12+/t13-,17?/m1/s1. The quantitative estimate of drug-likeness (QED) is 0.604. The molecule has 0 bridgehead atoms. The number of anilines is 2. The highest BCUT2D eigenvalue weighted by Gasteiger charge is 2.38. The lowest BCUT2D eigenvalue weighted by molar-refractivity contribution is 0.0185. The highest BCUT2D eigenvalue weighted by molar-refractivity contribution is 5.85. The molecule has 1 fully saturated rings. The van der Waals surface area contributed by atoms with Gasteiger partial charge in [0.25, 0.3) is 0 Å². The number of carbonyl (C=O) groups excluding carboxylic acids is 1. The summed E-state index contributed by atoms with van der Waals surface area (Å²) in [5.74, 6) is 0.521. The Bertz CT molecular complexity index is 746.